The first-order valence-corrected chi connectivity index (χ1v) is 10.00. The van der Waals surface area contributed by atoms with Crippen molar-refractivity contribution >= 4 is 23.0 Å². The number of anilines is 1. The third-order valence-corrected chi connectivity index (χ3v) is 5.59. The van der Waals surface area contributed by atoms with Gasteiger partial charge < -0.3 is 19.4 Å². The third kappa shape index (κ3) is 4.21. The number of piperidine rings is 1. The molecule has 2 N–H and O–H groups in total. The lowest BCUT2D eigenvalue weighted by Crippen LogP contribution is -2.38. The van der Waals surface area contributed by atoms with Crippen LogP contribution in [0.25, 0.3) is 11.1 Å². The normalized spacial score (nSPS) is 16.9. The maximum atomic E-state index is 12.5. The second-order valence-electron chi connectivity index (χ2n) is 7.68. The first kappa shape index (κ1) is 19.3. The van der Waals surface area contributed by atoms with E-state index in [1.54, 1.807) is 7.11 Å². The fourth-order valence-electron chi connectivity index (χ4n) is 3.92. The number of aromatic nitrogens is 3. The second-order valence-corrected chi connectivity index (χ2v) is 7.68. The number of hydrogen-bond donors (Lipinski definition) is 2. The van der Waals surface area contributed by atoms with Crippen LogP contribution in [0.5, 0.6) is 5.75 Å². The summed E-state index contributed by atoms with van der Waals surface area (Å²) >= 11 is 0. The molecule has 154 valence electrons. The molecular formula is C21H27N5O3. The van der Waals surface area contributed by atoms with Crippen molar-refractivity contribution in [3.05, 3.63) is 35.2 Å². The lowest BCUT2D eigenvalue weighted by atomic mass is 9.94. The highest BCUT2D eigenvalue weighted by molar-refractivity contribution is 5.77. The molecule has 2 aromatic heterocycles. The number of carbonyl (C=O) groups is 1. The zero-order valence-corrected chi connectivity index (χ0v) is 17.1. The van der Waals surface area contributed by atoms with E-state index >= 15 is 0 Å². The zero-order chi connectivity index (χ0) is 20.4. The summed E-state index contributed by atoms with van der Waals surface area (Å²) in [6, 6.07) is 6.23. The number of amides is 1. The molecule has 4 rings (SSSR count). The largest absolute Gasteiger partial charge is 0.497 e. The summed E-state index contributed by atoms with van der Waals surface area (Å²) in [4.78, 5) is 19.2. The molecule has 8 nitrogen and oxygen atoms in total. The van der Waals surface area contributed by atoms with E-state index in [-0.39, 0.29) is 11.8 Å². The van der Waals surface area contributed by atoms with Crippen molar-refractivity contribution in [3.63, 3.8) is 0 Å². The quantitative estimate of drug-likeness (QED) is 0.663. The van der Waals surface area contributed by atoms with Gasteiger partial charge in [-0.1, -0.05) is 0 Å². The number of carbonyl (C=O) groups excluding carboxylic acids is 1. The fraction of sp³-hybridized carbons (Fsp3) is 0.476. The topological polar surface area (TPSA) is 96.3 Å². The van der Waals surface area contributed by atoms with Crippen molar-refractivity contribution in [3.8, 4) is 5.75 Å². The number of fused-ring (bicyclic) bond motifs is 1. The third-order valence-electron chi connectivity index (χ3n) is 5.59. The van der Waals surface area contributed by atoms with Gasteiger partial charge in [-0.3, -0.25) is 9.89 Å². The molecule has 3 heterocycles. The predicted molar refractivity (Wildman–Crippen MR) is 110 cm³/mol. The van der Waals surface area contributed by atoms with Crippen LogP contribution in [0.3, 0.4) is 0 Å². The summed E-state index contributed by atoms with van der Waals surface area (Å²) in [7, 11) is 1.64. The molecule has 1 amide bonds. The number of benzene rings is 1. The summed E-state index contributed by atoms with van der Waals surface area (Å²) in [6.07, 6.45) is 2.54. The van der Waals surface area contributed by atoms with E-state index in [1.807, 2.05) is 32.0 Å². The van der Waals surface area contributed by atoms with Crippen molar-refractivity contribution in [1.82, 2.24) is 20.5 Å². The summed E-state index contributed by atoms with van der Waals surface area (Å²) < 4.78 is 11.2. The van der Waals surface area contributed by atoms with Gasteiger partial charge >= 0.3 is 0 Å². The zero-order valence-electron chi connectivity index (χ0n) is 17.1. The van der Waals surface area contributed by atoms with Crippen LogP contribution in [-0.2, 0) is 11.3 Å². The average Bonchev–Trinajstić information content (AvgIpc) is 3.29. The van der Waals surface area contributed by atoms with Crippen molar-refractivity contribution in [2.75, 3.05) is 25.1 Å². The molecule has 29 heavy (non-hydrogen) atoms. The molecule has 1 saturated heterocycles. The first-order chi connectivity index (χ1) is 14.0. The minimum Gasteiger partial charge on any atom is -0.497 e. The minimum absolute atomic E-state index is 0.0687. The van der Waals surface area contributed by atoms with Crippen LogP contribution in [0.1, 0.15) is 36.2 Å². The van der Waals surface area contributed by atoms with Crippen LogP contribution >= 0.6 is 0 Å². The van der Waals surface area contributed by atoms with Crippen LogP contribution in [0, 0.1) is 19.8 Å². The van der Waals surface area contributed by atoms with E-state index in [1.165, 1.54) is 0 Å². The fourth-order valence-corrected chi connectivity index (χ4v) is 3.92. The SMILES string of the molecule is COc1ccc2oc(N3CCCC(CC(=O)NCc4c(C)n[nH]c4C)C3)nc2c1. The Morgan fingerprint density at radius 1 is 1.41 bits per heavy atom. The van der Waals surface area contributed by atoms with Crippen LogP contribution in [-0.4, -0.2) is 41.3 Å². The Morgan fingerprint density at radius 2 is 2.28 bits per heavy atom. The molecule has 1 aliphatic rings. The molecule has 0 aliphatic carbocycles. The highest BCUT2D eigenvalue weighted by Crippen LogP contribution is 2.29. The Labute approximate surface area is 169 Å². The molecule has 3 aromatic rings. The molecule has 1 unspecified atom stereocenters. The van der Waals surface area contributed by atoms with Gasteiger partial charge in [-0.05, 0) is 44.7 Å². The number of oxazole rings is 1. The van der Waals surface area contributed by atoms with Gasteiger partial charge in [0.05, 0.1) is 12.8 Å². The number of rotatable bonds is 6. The van der Waals surface area contributed by atoms with E-state index in [9.17, 15) is 4.79 Å². The van der Waals surface area contributed by atoms with Gasteiger partial charge in [0.1, 0.15) is 11.3 Å². The van der Waals surface area contributed by atoms with Gasteiger partial charge in [0.2, 0.25) is 5.91 Å². The van der Waals surface area contributed by atoms with Crippen molar-refractivity contribution < 1.29 is 13.9 Å². The average molecular weight is 397 g/mol. The second kappa shape index (κ2) is 8.14. The van der Waals surface area contributed by atoms with E-state index in [2.05, 4.69) is 25.4 Å². The van der Waals surface area contributed by atoms with Crippen molar-refractivity contribution in [2.45, 2.75) is 39.7 Å². The number of ether oxygens (including phenoxy) is 1. The van der Waals surface area contributed by atoms with E-state index in [0.717, 1.165) is 59.7 Å². The molecule has 0 bridgehead atoms. The van der Waals surface area contributed by atoms with E-state index in [4.69, 9.17) is 9.15 Å². The Bertz CT molecular complexity index is 990. The molecular weight excluding hydrogens is 370 g/mol. The number of nitrogens with one attached hydrogen (secondary N) is 2. The molecule has 1 atom stereocenters. The lowest BCUT2D eigenvalue weighted by Gasteiger charge is -2.31. The molecule has 1 fully saturated rings. The number of H-pyrrole nitrogens is 1. The molecule has 0 radical (unpaired) electrons. The first-order valence-electron chi connectivity index (χ1n) is 10.00. The molecule has 8 heteroatoms. The van der Waals surface area contributed by atoms with Crippen LogP contribution in [0.4, 0.5) is 6.01 Å². The van der Waals surface area contributed by atoms with Gasteiger partial charge in [0.15, 0.2) is 5.58 Å². The molecule has 1 aliphatic heterocycles. The Kier molecular flexibility index (Phi) is 5.42. The summed E-state index contributed by atoms with van der Waals surface area (Å²) in [6.45, 7) is 6.07. The summed E-state index contributed by atoms with van der Waals surface area (Å²) in [5, 5.41) is 10.2. The van der Waals surface area contributed by atoms with Gasteiger partial charge in [0.25, 0.3) is 6.01 Å². The van der Waals surface area contributed by atoms with Crippen LogP contribution in [0.15, 0.2) is 22.6 Å². The highest BCUT2D eigenvalue weighted by Gasteiger charge is 2.25. The standard InChI is InChI=1S/C21H27N5O3/c1-13-17(14(2)25-24-13)11-22-20(27)9-15-5-4-8-26(12-15)21-23-18-10-16(28-3)6-7-19(18)29-21/h6-7,10,15H,4-5,8-9,11-12H2,1-3H3,(H,22,27)(H,24,25). The minimum atomic E-state index is 0.0687. The van der Waals surface area contributed by atoms with Gasteiger partial charge in [-0.2, -0.15) is 10.1 Å². The van der Waals surface area contributed by atoms with Crippen molar-refractivity contribution in [2.24, 2.45) is 5.92 Å². The molecule has 1 aromatic carbocycles. The van der Waals surface area contributed by atoms with Gasteiger partial charge in [0, 0.05) is 43.4 Å². The van der Waals surface area contributed by atoms with Crippen LogP contribution < -0.4 is 15.0 Å². The van der Waals surface area contributed by atoms with E-state index < -0.39 is 0 Å². The monoisotopic (exact) mass is 397 g/mol. The van der Waals surface area contributed by atoms with Crippen molar-refractivity contribution in [1.29, 1.82) is 0 Å². The maximum absolute atomic E-state index is 12.5. The summed E-state index contributed by atoms with van der Waals surface area (Å²) in [5.74, 6) is 1.10. The maximum Gasteiger partial charge on any atom is 0.298 e. The smallest absolute Gasteiger partial charge is 0.298 e. The Balaban J connectivity index is 1.36. The van der Waals surface area contributed by atoms with Gasteiger partial charge in [-0.15, -0.1) is 0 Å². The number of methoxy groups -OCH3 is 1. The Morgan fingerprint density at radius 3 is 3.03 bits per heavy atom. The molecule has 0 saturated carbocycles. The van der Waals surface area contributed by atoms with Gasteiger partial charge in [-0.25, -0.2) is 0 Å². The number of hydrogen-bond acceptors (Lipinski definition) is 6. The predicted octanol–water partition coefficient (Wildman–Crippen LogP) is 3.10. The van der Waals surface area contributed by atoms with E-state index in [0.29, 0.717) is 19.0 Å². The Hall–Kier alpha value is -3.03. The number of aromatic amines is 1. The summed E-state index contributed by atoms with van der Waals surface area (Å²) in [5.41, 5.74) is 4.51. The lowest BCUT2D eigenvalue weighted by molar-refractivity contribution is -0.122. The highest BCUT2D eigenvalue weighted by atomic mass is 16.5. The number of aryl methyl sites for hydroxylation is 2. The molecule has 0 spiro atoms. The number of nitrogens with zero attached hydrogens (tertiary/aromatic N) is 3. The van der Waals surface area contributed by atoms with Crippen LogP contribution in [0.2, 0.25) is 0 Å².